The number of ether oxygens (including phenoxy) is 1. The van der Waals surface area contributed by atoms with E-state index in [1.807, 2.05) is 20.8 Å². The zero-order chi connectivity index (χ0) is 24.8. The molecule has 0 unspecified atom stereocenters. The number of hydrogen-bond acceptors (Lipinski definition) is 7. The quantitative estimate of drug-likeness (QED) is 0.663. The summed E-state index contributed by atoms with van der Waals surface area (Å²) in [5.41, 5.74) is -1.34. The maximum atomic E-state index is 15.6. The Morgan fingerprint density at radius 1 is 1.21 bits per heavy atom. The zero-order valence-electron chi connectivity index (χ0n) is 20.1. The van der Waals surface area contributed by atoms with Gasteiger partial charge < -0.3 is 24.2 Å². The Labute approximate surface area is 197 Å². The number of halogens is 1. The van der Waals surface area contributed by atoms with Gasteiger partial charge in [-0.2, -0.15) is 0 Å². The van der Waals surface area contributed by atoms with Gasteiger partial charge in [0.1, 0.15) is 11.2 Å². The van der Waals surface area contributed by atoms with Gasteiger partial charge in [0.25, 0.3) is 0 Å². The van der Waals surface area contributed by atoms with Crippen molar-refractivity contribution in [2.75, 3.05) is 37.7 Å². The number of pyridine rings is 2. The van der Waals surface area contributed by atoms with Crippen LogP contribution in [0.4, 0.5) is 10.2 Å². The first kappa shape index (κ1) is 24.1. The van der Waals surface area contributed by atoms with Gasteiger partial charge >= 0.3 is 5.97 Å². The van der Waals surface area contributed by atoms with Gasteiger partial charge in [0, 0.05) is 49.4 Å². The lowest BCUT2D eigenvalue weighted by molar-refractivity contribution is -0.139. The number of carbonyl (C=O) groups is 2. The molecule has 1 amide bonds. The predicted octanol–water partition coefficient (Wildman–Crippen LogP) is 2.23. The lowest BCUT2D eigenvalue weighted by Crippen LogP contribution is -2.52. The molecule has 9 nitrogen and oxygen atoms in total. The van der Waals surface area contributed by atoms with Crippen molar-refractivity contribution in [1.82, 2.24) is 14.5 Å². The SMILES string of the molecule is CCOC(=O)c1cn(C2CC2)c2nc(N3CCN(C(=O)C(C)(C)C)CC3)c(F)c(CO)c2c1=O. The largest absolute Gasteiger partial charge is 0.462 e. The van der Waals surface area contributed by atoms with Crippen molar-refractivity contribution in [3.05, 3.63) is 33.4 Å². The molecule has 10 heteroatoms. The lowest BCUT2D eigenvalue weighted by atomic mass is 9.94. The van der Waals surface area contributed by atoms with Crippen LogP contribution in [0.25, 0.3) is 11.0 Å². The van der Waals surface area contributed by atoms with Crippen molar-refractivity contribution >= 4 is 28.7 Å². The molecule has 0 bridgehead atoms. The first-order chi connectivity index (χ1) is 16.1. The monoisotopic (exact) mass is 474 g/mol. The lowest BCUT2D eigenvalue weighted by Gasteiger charge is -2.38. The van der Waals surface area contributed by atoms with E-state index in [-0.39, 0.29) is 46.5 Å². The number of carbonyl (C=O) groups excluding carboxylic acids is 2. The van der Waals surface area contributed by atoms with Crippen LogP contribution in [-0.4, -0.2) is 64.2 Å². The molecule has 1 aliphatic heterocycles. The molecule has 34 heavy (non-hydrogen) atoms. The molecular weight excluding hydrogens is 443 g/mol. The van der Waals surface area contributed by atoms with Crippen LogP contribution in [0.2, 0.25) is 0 Å². The number of rotatable bonds is 5. The average Bonchev–Trinajstić information content (AvgIpc) is 3.63. The first-order valence-corrected chi connectivity index (χ1v) is 11.7. The number of hydrogen-bond donors (Lipinski definition) is 1. The van der Waals surface area contributed by atoms with E-state index >= 15 is 4.39 Å². The van der Waals surface area contributed by atoms with Crippen LogP contribution in [0.1, 0.15) is 62.5 Å². The number of aliphatic hydroxyl groups is 1. The average molecular weight is 475 g/mol. The second kappa shape index (κ2) is 8.98. The van der Waals surface area contributed by atoms with Crippen molar-refractivity contribution in [2.45, 2.75) is 53.2 Å². The van der Waals surface area contributed by atoms with E-state index in [2.05, 4.69) is 4.98 Å². The minimum atomic E-state index is -0.786. The van der Waals surface area contributed by atoms with Crippen molar-refractivity contribution in [3.63, 3.8) is 0 Å². The molecule has 2 aromatic rings. The minimum Gasteiger partial charge on any atom is -0.462 e. The normalized spacial score (nSPS) is 16.8. The van der Waals surface area contributed by atoms with Gasteiger partial charge in [-0.3, -0.25) is 9.59 Å². The number of anilines is 1. The molecule has 0 spiro atoms. The second-order valence-corrected chi connectivity index (χ2v) is 9.84. The third-order valence-electron chi connectivity index (χ3n) is 6.28. The molecule has 2 aromatic heterocycles. The van der Waals surface area contributed by atoms with Crippen LogP contribution in [0.3, 0.4) is 0 Å². The summed E-state index contributed by atoms with van der Waals surface area (Å²) in [7, 11) is 0. The Kier molecular flexibility index (Phi) is 6.37. The maximum absolute atomic E-state index is 15.6. The molecule has 1 saturated heterocycles. The maximum Gasteiger partial charge on any atom is 0.343 e. The molecular formula is C24H31FN4O5. The Balaban J connectivity index is 1.79. The van der Waals surface area contributed by atoms with E-state index in [0.717, 1.165) is 12.8 Å². The highest BCUT2D eigenvalue weighted by molar-refractivity contribution is 5.94. The van der Waals surface area contributed by atoms with Gasteiger partial charge in [-0.1, -0.05) is 20.8 Å². The fraction of sp³-hybridized carbons (Fsp3) is 0.583. The molecule has 1 saturated carbocycles. The second-order valence-electron chi connectivity index (χ2n) is 9.84. The highest BCUT2D eigenvalue weighted by Crippen LogP contribution is 2.38. The van der Waals surface area contributed by atoms with E-state index in [9.17, 15) is 19.5 Å². The van der Waals surface area contributed by atoms with Crippen LogP contribution in [0.15, 0.2) is 11.0 Å². The molecule has 2 aliphatic rings. The van der Waals surface area contributed by atoms with Gasteiger partial charge in [-0.25, -0.2) is 14.2 Å². The fourth-order valence-electron chi connectivity index (χ4n) is 4.34. The topological polar surface area (TPSA) is 105 Å². The minimum absolute atomic E-state index is 0.0317. The highest BCUT2D eigenvalue weighted by Gasteiger charge is 2.33. The number of aromatic nitrogens is 2. The van der Waals surface area contributed by atoms with Crippen molar-refractivity contribution in [2.24, 2.45) is 5.41 Å². The standard InChI is InChI=1S/C24H31FN4O5/c1-5-34-22(32)15-12-29(14-6-7-14)20-17(19(15)31)16(13-30)18(25)21(26-20)27-8-10-28(11-9-27)23(33)24(2,3)4/h12,14,30H,5-11,13H2,1-4H3. The number of fused-ring (bicyclic) bond motifs is 1. The Hall–Kier alpha value is -3.01. The summed E-state index contributed by atoms with van der Waals surface area (Å²) in [6, 6.07) is 0.0369. The summed E-state index contributed by atoms with van der Waals surface area (Å²) in [6.07, 6.45) is 3.13. The van der Waals surface area contributed by atoms with Gasteiger partial charge in [-0.15, -0.1) is 0 Å². The Morgan fingerprint density at radius 3 is 2.38 bits per heavy atom. The molecule has 0 atom stereocenters. The van der Waals surface area contributed by atoms with E-state index in [4.69, 9.17) is 4.74 Å². The summed E-state index contributed by atoms with van der Waals surface area (Å²) in [6.45, 7) is 8.19. The predicted molar refractivity (Wildman–Crippen MR) is 124 cm³/mol. The zero-order valence-corrected chi connectivity index (χ0v) is 20.1. The summed E-state index contributed by atoms with van der Waals surface area (Å²) in [5, 5.41) is 9.95. The van der Waals surface area contributed by atoms with Crippen LogP contribution < -0.4 is 10.3 Å². The first-order valence-electron chi connectivity index (χ1n) is 11.7. The Bertz CT molecular complexity index is 1190. The van der Waals surface area contributed by atoms with Crippen LogP contribution in [-0.2, 0) is 16.1 Å². The summed E-state index contributed by atoms with van der Waals surface area (Å²) in [5.74, 6) is -1.50. The molecule has 0 aromatic carbocycles. The van der Waals surface area contributed by atoms with Crippen molar-refractivity contribution in [3.8, 4) is 0 Å². The van der Waals surface area contributed by atoms with Gasteiger partial charge in [0.15, 0.2) is 11.6 Å². The highest BCUT2D eigenvalue weighted by atomic mass is 19.1. The van der Waals surface area contributed by atoms with Crippen molar-refractivity contribution in [1.29, 1.82) is 0 Å². The van der Waals surface area contributed by atoms with Crippen LogP contribution >= 0.6 is 0 Å². The van der Waals surface area contributed by atoms with E-state index < -0.39 is 29.2 Å². The van der Waals surface area contributed by atoms with E-state index in [0.29, 0.717) is 26.2 Å². The number of piperazine rings is 1. The third-order valence-corrected chi connectivity index (χ3v) is 6.28. The smallest absolute Gasteiger partial charge is 0.343 e. The number of esters is 1. The van der Waals surface area contributed by atoms with E-state index in [1.54, 1.807) is 21.3 Å². The molecule has 0 radical (unpaired) electrons. The van der Waals surface area contributed by atoms with Crippen LogP contribution in [0, 0.1) is 11.2 Å². The number of amides is 1. The molecule has 184 valence electrons. The van der Waals surface area contributed by atoms with Gasteiger partial charge in [0.2, 0.25) is 11.3 Å². The van der Waals surface area contributed by atoms with Crippen LogP contribution in [0.5, 0.6) is 0 Å². The van der Waals surface area contributed by atoms with E-state index in [1.165, 1.54) is 6.20 Å². The summed E-state index contributed by atoms with van der Waals surface area (Å²) in [4.78, 5) is 46.2. The van der Waals surface area contributed by atoms with Gasteiger partial charge in [-0.05, 0) is 19.8 Å². The molecule has 2 fully saturated rings. The Morgan fingerprint density at radius 2 is 1.85 bits per heavy atom. The number of aliphatic hydroxyl groups excluding tert-OH is 1. The summed E-state index contributed by atoms with van der Waals surface area (Å²) < 4.78 is 22.4. The molecule has 3 heterocycles. The molecule has 1 aliphatic carbocycles. The fourth-order valence-corrected chi connectivity index (χ4v) is 4.34. The molecule has 1 N–H and O–H groups in total. The third kappa shape index (κ3) is 4.26. The van der Waals surface area contributed by atoms with Gasteiger partial charge in [0.05, 0.1) is 18.6 Å². The number of nitrogens with zero attached hydrogens (tertiary/aromatic N) is 4. The van der Waals surface area contributed by atoms with Crippen molar-refractivity contribution < 1.29 is 23.8 Å². The summed E-state index contributed by atoms with van der Waals surface area (Å²) >= 11 is 0. The molecule has 4 rings (SSSR count).